The molecule has 0 saturated heterocycles. The first-order valence-electron chi connectivity index (χ1n) is 16.5. The van der Waals surface area contributed by atoms with E-state index in [9.17, 15) is 20.4 Å². The van der Waals surface area contributed by atoms with E-state index < -0.39 is 0 Å². The molecule has 5 aromatic rings. The maximum Gasteiger partial charge on any atom is 0.115 e. The summed E-state index contributed by atoms with van der Waals surface area (Å²) in [7, 11) is 0. The zero-order valence-electron chi connectivity index (χ0n) is 26.9. The molecule has 1 aliphatic carbocycles. The van der Waals surface area contributed by atoms with Gasteiger partial charge >= 0.3 is 0 Å². The molecule has 0 bridgehead atoms. The average molecular weight is 615 g/mol. The van der Waals surface area contributed by atoms with Crippen LogP contribution in [0.2, 0.25) is 0 Å². The van der Waals surface area contributed by atoms with E-state index in [1.807, 2.05) is 48.5 Å². The lowest BCUT2D eigenvalue weighted by Crippen LogP contribution is -2.30. The Labute approximate surface area is 273 Å². The van der Waals surface area contributed by atoms with Gasteiger partial charge in [0.2, 0.25) is 0 Å². The summed E-state index contributed by atoms with van der Waals surface area (Å²) in [5.74, 6) is 2.05. The van der Waals surface area contributed by atoms with Crippen molar-refractivity contribution < 1.29 is 20.4 Å². The third-order valence-electron chi connectivity index (χ3n) is 9.55. The second-order valence-electron chi connectivity index (χ2n) is 12.9. The standard InChI is InChI=1S/C24H26O2.C18H20O2/c1-17(21-6-10-23(25)11-7-21)14-19-4-3-5-20(16-19)15-18(2)22-8-12-24(26)13-9-22;19-16-8-4-14(5-9-16)18(12-2-1-3-13-18)15-6-10-17(20)11-7-15/h3-13,16-18,25-26H,14-15H2,1-2H3;4-11,19-20H,1-3,12-13H2. The molecule has 0 amide bonds. The number of hydrogen-bond acceptors (Lipinski definition) is 4. The molecule has 4 nitrogen and oxygen atoms in total. The Bertz CT molecular complexity index is 1530. The van der Waals surface area contributed by atoms with Gasteiger partial charge in [-0.15, -0.1) is 0 Å². The van der Waals surface area contributed by atoms with Gasteiger partial charge in [0.1, 0.15) is 23.0 Å². The van der Waals surface area contributed by atoms with Gasteiger partial charge in [0.05, 0.1) is 0 Å². The summed E-state index contributed by atoms with van der Waals surface area (Å²) in [6.45, 7) is 4.44. The molecule has 6 rings (SSSR count). The second-order valence-corrected chi connectivity index (χ2v) is 12.9. The highest BCUT2D eigenvalue weighted by molar-refractivity contribution is 5.43. The summed E-state index contributed by atoms with van der Waals surface area (Å²) in [4.78, 5) is 0. The molecule has 1 saturated carbocycles. The maximum absolute atomic E-state index is 9.51. The largest absolute Gasteiger partial charge is 0.508 e. The van der Waals surface area contributed by atoms with E-state index in [-0.39, 0.29) is 5.41 Å². The first kappa shape index (κ1) is 32.7. The minimum atomic E-state index is 0.0274. The van der Waals surface area contributed by atoms with Crippen LogP contribution in [0.15, 0.2) is 121 Å². The number of phenolic OH excluding ortho intramolecular Hbond substituents is 4. The van der Waals surface area contributed by atoms with Crippen molar-refractivity contribution in [2.75, 3.05) is 0 Å². The first-order chi connectivity index (χ1) is 22.2. The van der Waals surface area contributed by atoms with Crippen LogP contribution in [0.1, 0.15) is 91.2 Å². The Morgan fingerprint density at radius 2 is 0.826 bits per heavy atom. The van der Waals surface area contributed by atoms with Gasteiger partial charge in [0.25, 0.3) is 0 Å². The molecule has 0 aliphatic heterocycles. The van der Waals surface area contributed by atoms with Crippen molar-refractivity contribution >= 4 is 0 Å². The molecule has 5 aromatic carbocycles. The Hall–Kier alpha value is -4.70. The fourth-order valence-corrected chi connectivity index (χ4v) is 6.89. The zero-order valence-corrected chi connectivity index (χ0v) is 26.9. The van der Waals surface area contributed by atoms with Crippen molar-refractivity contribution in [3.05, 3.63) is 155 Å². The summed E-state index contributed by atoms with van der Waals surface area (Å²) >= 11 is 0. The van der Waals surface area contributed by atoms with Crippen LogP contribution >= 0.6 is 0 Å². The number of aromatic hydroxyl groups is 4. The molecule has 4 N–H and O–H groups in total. The molecule has 0 heterocycles. The van der Waals surface area contributed by atoms with Crippen molar-refractivity contribution in [2.24, 2.45) is 0 Å². The highest BCUT2D eigenvalue weighted by Crippen LogP contribution is 2.45. The predicted octanol–water partition coefficient (Wildman–Crippen LogP) is 10.1. The monoisotopic (exact) mass is 614 g/mol. The minimum Gasteiger partial charge on any atom is -0.508 e. The Morgan fingerprint density at radius 3 is 1.20 bits per heavy atom. The fourth-order valence-electron chi connectivity index (χ4n) is 6.89. The molecular weight excluding hydrogens is 568 g/mol. The smallest absolute Gasteiger partial charge is 0.115 e. The molecular formula is C42H46O4. The summed E-state index contributed by atoms with van der Waals surface area (Å²) in [5.41, 5.74) is 7.71. The van der Waals surface area contributed by atoms with Crippen LogP contribution in [-0.4, -0.2) is 20.4 Å². The van der Waals surface area contributed by atoms with Crippen molar-refractivity contribution in [3.8, 4) is 23.0 Å². The Kier molecular flexibility index (Phi) is 10.7. The number of hydrogen-bond donors (Lipinski definition) is 4. The molecule has 1 aliphatic rings. The van der Waals surface area contributed by atoms with Crippen LogP contribution < -0.4 is 0 Å². The first-order valence-corrected chi connectivity index (χ1v) is 16.5. The molecule has 0 radical (unpaired) electrons. The number of phenols is 4. The molecule has 1 fully saturated rings. The van der Waals surface area contributed by atoms with Crippen molar-refractivity contribution in [3.63, 3.8) is 0 Å². The van der Waals surface area contributed by atoms with Crippen LogP contribution in [0.25, 0.3) is 0 Å². The Morgan fingerprint density at radius 1 is 0.478 bits per heavy atom. The summed E-state index contributed by atoms with van der Waals surface area (Å²) in [6, 6.07) is 39.0. The van der Waals surface area contributed by atoms with E-state index in [0.29, 0.717) is 34.8 Å². The van der Waals surface area contributed by atoms with E-state index in [4.69, 9.17) is 0 Å². The summed E-state index contributed by atoms with van der Waals surface area (Å²) in [5, 5.41) is 37.9. The number of benzene rings is 5. The van der Waals surface area contributed by atoms with Crippen molar-refractivity contribution in [2.45, 2.75) is 76.0 Å². The van der Waals surface area contributed by atoms with Crippen LogP contribution in [0, 0.1) is 0 Å². The van der Waals surface area contributed by atoms with Crippen LogP contribution in [0.4, 0.5) is 0 Å². The van der Waals surface area contributed by atoms with E-state index in [0.717, 1.165) is 25.7 Å². The highest BCUT2D eigenvalue weighted by atomic mass is 16.3. The van der Waals surface area contributed by atoms with E-state index in [1.54, 1.807) is 48.5 Å². The lowest BCUT2D eigenvalue weighted by molar-refractivity contribution is 0.345. The minimum absolute atomic E-state index is 0.0274. The van der Waals surface area contributed by atoms with E-state index in [2.05, 4.69) is 38.1 Å². The quantitative estimate of drug-likeness (QED) is 0.140. The summed E-state index contributed by atoms with van der Waals surface area (Å²) < 4.78 is 0. The van der Waals surface area contributed by atoms with Gasteiger partial charge in [-0.2, -0.15) is 0 Å². The van der Waals surface area contributed by atoms with Crippen LogP contribution in [0.3, 0.4) is 0 Å². The van der Waals surface area contributed by atoms with Gasteiger partial charge in [-0.05, 0) is 119 Å². The second kappa shape index (κ2) is 15.1. The molecule has 2 atom stereocenters. The lowest BCUT2D eigenvalue weighted by Gasteiger charge is -2.38. The Balaban J connectivity index is 0.000000187. The molecule has 0 spiro atoms. The molecule has 238 valence electrons. The van der Waals surface area contributed by atoms with E-state index in [1.165, 1.54) is 52.6 Å². The lowest BCUT2D eigenvalue weighted by atomic mass is 9.65. The maximum atomic E-state index is 9.51. The normalized spacial score (nSPS) is 15.3. The molecule has 0 aromatic heterocycles. The van der Waals surface area contributed by atoms with Crippen molar-refractivity contribution in [1.82, 2.24) is 0 Å². The number of rotatable bonds is 8. The molecule has 4 heteroatoms. The third-order valence-corrected chi connectivity index (χ3v) is 9.55. The van der Waals surface area contributed by atoms with Gasteiger partial charge in [-0.1, -0.05) is 106 Å². The average Bonchev–Trinajstić information content (AvgIpc) is 3.07. The van der Waals surface area contributed by atoms with Crippen LogP contribution in [0.5, 0.6) is 23.0 Å². The topological polar surface area (TPSA) is 80.9 Å². The fraction of sp³-hybridized carbons (Fsp3) is 0.286. The van der Waals surface area contributed by atoms with Gasteiger partial charge in [0.15, 0.2) is 0 Å². The van der Waals surface area contributed by atoms with Gasteiger partial charge < -0.3 is 20.4 Å². The van der Waals surface area contributed by atoms with Crippen molar-refractivity contribution in [1.29, 1.82) is 0 Å². The predicted molar refractivity (Wildman–Crippen MR) is 187 cm³/mol. The highest BCUT2D eigenvalue weighted by Gasteiger charge is 2.35. The van der Waals surface area contributed by atoms with Gasteiger partial charge in [-0.25, -0.2) is 0 Å². The SMILES string of the molecule is CC(Cc1cccc(CC(C)c2ccc(O)cc2)c1)c1ccc(O)cc1.Oc1ccc(C2(c3ccc(O)cc3)CCCCC2)cc1. The third kappa shape index (κ3) is 8.31. The van der Waals surface area contributed by atoms with Gasteiger partial charge in [0, 0.05) is 5.41 Å². The zero-order chi connectivity index (χ0) is 32.5. The van der Waals surface area contributed by atoms with E-state index >= 15 is 0 Å². The molecule has 46 heavy (non-hydrogen) atoms. The summed E-state index contributed by atoms with van der Waals surface area (Å²) in [6.07, 6.45) is 7.95. The van der Waals surface area contributed by atoms with Crippen LogP contribution in [-0.2, 0) is 18.3 Å². The molecule has 2 unspecified atom stereocenters. The van der Waals surface area contributed by atoms with Gasteiger partial charge in [-0.3, -0.25) is 0 Å².